The molecule has 6 aromatic rings. The summed E-state index contributed by atoms with van der Waals surface area (Å²) >= 11 is 0. The zero-order valence-corrected chi connectivity index (χ0v) is 36.5. The Balaban J connectivity index is 1.30. The third kappa shape index (κ3) is 5.19. The van der Waals surface area contributed by atoms with Crippen molar-refractivity contribution in [3.63, 3.8) is 0 Å². The van der Waals surface area contributed by atoms with Crippen molar-refractivity contribution >= 4 is 68.6 Å². The summed E-state index contributed by atoms with van der Waals surface area (Å²) in [6.07, 6.45) is 2.35. The van der Waals surface area contributed by atoms with E-state index in [0.717, 1.165) is 6.42 Å². The number of anilines is 8. The molecule has 3 heterocycles. The predicted octanol–water partition coefficient (Wildman–Crippen LogP) is 12.6. The van der Waals surface area contributed by atoms with Crippen LogP contribution < -0.4 is 31.1 Å². The number of hydrogen-bond donors (Lipinski definition) is 0. The summed E-state index contributed by atoms with van der Waals surface area (Å²) in [7, 11) is 0. The number of rotatable bonds is 3. The van der Waals surface area contributed by atoms with Crippen LogP contribution in [0.25, 0.3) is 0 Å². The Hall–Kier alpha value is -5.22. The first-order valence-electron chi connectivity index (χ1n) is 21.5. The van der Waals surface area contributed by atoms with Gasteiger partial charge in [0.15, 0.2) is 0 Å². The van der Waals surface area contributed by atoms with Gasteiger partial charge in [0.25, 0.3) is 6.71 Å². The van der Waals surface area contributed by atoms with Crippen LogP contribution in [-0.2, 0) is 21.7 Å². The van der Waals surface area contributed by atoms with Crippen LogP contribution in [-0.4, -0.2) is 12.3 Å². The summed E-state index contributed by atoms with van der Waals surface area (Å²) in [6.45, 7) is 26.1. The van der Waals surface area contributed by atoms with E-state index in [1.807, 2.05) is 0 Å². The highest BCUT2D eigenvalue weighted by Crippen LogP contribution is 2.66. The zero-order chi connectivity index (χ0) is 40.7. The van der Waals surface area contributed by atoms with Gasteiger partial charge in [-0.2, -0.15) is 0 Å². The molecular formula is C54H58BN3. The highest BCUT2D eigenvalue weighted by molar-refractivity contribution is 7.00. The Morgan fingerprint density at radius 1 is 0.448 bits per heavy atom. The Morgan fingerprint density at radius 2 is 0.966 bits per heavy atom. The number of fused-ring (bicyclic) bond motifs is 7. The van der Waals surface area contributed by atoms with E-state index in [2.05, 4.69) is 218 Å². The molecule has 4 aliphatic rings. The Morgan fingerprint density at radius 3 is 1.55 bits per heavy atom. The largest absolute Gasteiger partial charge is 0.334 e. The van der Waals surface area contributed by atoms with Crippen molar-refractivity contribution in [2.45, 2.75) is 116 Å². The van der Waals surface area contributed by atoms with Gasteiger partial charge in [0.05, 0.1) is 5.54 Å². The van der Waals surface area contributed by atoms with E-state index in [9.17, 15) is 0 Å². The lowest BCUT2D eigenvalue weighted by molar-refractivity contribution is 0.133. The van der Waals surface area contributed by atoms with Crippen molar-refractivity contribution in [3.05, 3.63) is 150 Å². The molecule has 1 saturated carbocycles. The maximum absolute atomic E-state index is 2.74. The first kappa shape index (κ1) is 37.1. The fraction of sp³-hybridized carbons (Fsp3) is 0.333. The molecule has 1 fully saturated rings. The molecule has 0 N–H and O–H groups in total. The molecule has 0 saturated heterocycles. The van der Waals surface area contributed by atoms with Crippen LogP contribution in [0, 0.1) is 0 Å². The first-order valence-corrected chi connectivity index (χ1v) is 21.5. The maximum atomic E-state index is 2.74. The van der Waals surface area contributed by atoms with Gasteiger partial charge in [-0.25, -0.2) is 0 Å². The molecule has 2 atom stereocenters. The van der Waals surface area contributed by atoms with Gasteiger partial charge < -0.3 is 14.7 Å². The van der Waals surface area contributed by atoms with E-state index < -0.39 is 0 Å². The molecule has 0 amide bonds. The van der Waals surface area contributed by atoms with E-state index in [-0.39, 0.29) is 33.9 Å². The lowest BCUT2D eigenvalue weighted by Gasteiger charge is -2.56. The normalized spacial score (nSPS) is 20.5. The Bertz CT molecular complexity index is 2620. The van der Waals surface area contributed by atoms with Crippen molar-refractivity contribution in [2.75, 3.05) is 14.7 Å². The number of nitrogens with zero attached hydrogens (tertiary/aromatic N) is 3. The lowest BCUT2D eigenvalue weighted by atomic mass is 9.33. The minimum atomic E-state index is -0.0519. The first-order chi connectivity index (χ1) is 27.4. The van der Waals surface area contributed by atoms with Gasteiger partial charge in [-0.1, -0.05) is 142 Å². The zero-order valence-electron chi connectivity index (χ0n) is 36.5. The third-order valence-electron chi connectivity index (χ3n) is 14.6. The molecular weight excluding hydrogens is 701 g/mol. The molecule has 1 aliphatic carbocycles. The van der Waals surface area contributed by atoms with E-state index in [4.69, 9.17) is 0 Å². The highest BCUT2D eigenvalue weighted by atomic mass is 15.3. The number of benzene rings is 6. The van der Waals surface area contributed by atoms with Crippen LogP contribution in [0.2, 0.25) is 0 Å². The van der Waals surface area contributed by atoms with Gasteiger partial charge in [-0.15, -0.1) is 0 Å². The fourth-order valence-corrected chi connectivity index (χ4v) is 10.8. The molecule has 3 aliphatic heterocycles. The van der Waals surface area contributed by atoms with E-state index in [0.29, 0.717) is 0 Å². The number of hydrogen-bond acceptors (Lipinski definition) is 3. The molecule has 0 bridgehead atoms. The van der Waals surface area contributed by atoms with Crippen LogP contribution >= 0.6 is 0 Å². The lowest BCUT2D eigenvalue weighted by Crippen LogP contribution is -2.62. The summed E-state index contributed by atoms with van der Waals surface area (Å²) in [6, 6.07) is 49.4. The second-order valence-electron chi connectivity index (χ2n) is 21.1. The number of para-hydroxylation sites is 2. The molecule has 58 heavy (non-hydrogen) atoms. The summed E-state index contributed by atoms with van der Waals surface area (Å²) in [5, 5.41) is 0. The SMILES string of the molecule is CC(C)(C)c1ccc(N2c3ccc(C(C)(C)C)cc3B3c4ccccc4N(c4ccccc4)c4cc(N5c6ccc(C(C)(C)C)cc6C6(C)CCC56C)cc2c43)cc1. The van der Waals surface area contributed by atoms with Gasteiger partial charge in [0.1, 0.15) is 0 Å². The fourth-order valence-electron chi connectivity index (χ4n) is 10.8. The molecule has 10 rings (SSSR count). The van der Waals surface area contributed by atoms with E-state index >= 15 is 0 Å². The Kier molecular flexibility index (Phi) is 7.78. The van der Waals surface area contributed by atoms with Gasteiger partial charge in [-0.3, -0.25) is 0 Å². The van der Waals surface area contributed by atoms with E-state index in [1.54, 1.807) is 0 Å². The van der Waals surface area contributed by atoms with Crippen LogP contribution in [0.5, 0.6) is 0 Å². The molecule has 3 nitrogen and oxygen atoms in total. The second-order valence-corrected chi connectivity index (χ2v) is 21.1. The molecule has 0 aromatic heterocycles. The quantitative estimate of drug-likeness (QED) is 0.166. The monoisotopic (exact) mass is 759 g/mol. The van der Waals surface area contributed by atoms with Crippen LogP contribution in [0.3, 0.4) is 0 Å². The molecule has 4 heteroatoms. The highest BCUT2D eigenvalue weighted by Gasteiger charge is 2.63. The van der Waals surface area contributed by atoms with Crippen molar-refractivity contribution in [2.24, 2.45) is 0 Å². The van der Waals surface area contributed by atoms with Crippen molar-refractivity contribution in [1.82, 2.24) is 0 Å². The van der Waals surface area contributed by atoms with Gasteiger partial charge in [0, 0.05) is 50.9 Å². The standard InChI is InChI=1S/C54H58BN3/c1-50(2,3)35-21-25-39(26-22-35)57-46-28-24-37(52(7,8)9)32-43(46)55-42-19-15-16-20-45(42)56(38-17-13-12-14-18-38)47-33-40(34-48(57)49(47)55)58-44-27-23-36(51(4,5)6)31-41(44)53(10)29-30-54(53,58)11/h12-28,31-34H,29-30H2,1-11H3. The summed E-state index contributed by atoms with van der Waals surface area (Å²) in [4.78, 5) is 7.88. The van der Waals surface area contributed by atoms with Crippen molar-refractivity contribution in [3.8, 4) is 0 Å². The molecule has 0 radical (unpaired) electrons. The van der Waals surface area contributed by atoms with Crippen molar-refractivity contribution in [1.29, 1.82) is 0 Å². The average molecular weight is 760 g/mol. The summed E-state index contributed by atoms with van der Waals surface area (Å²) in [5.41, 5.74) is 19.9. The van der Waals surface area contributed by atoms with Gasteiger partial charge in [0.2, 0.25) is 0 Å². The maximum Gasteiger partial charge on any atom is 0.252 e. The van der Waals surface area contributed by atoms with Crippen molar-refractivity contribution < 1.29 is 0 Å². The Labute approximate surface area is 347 Å². The smallest absolute Gasteiger partial charge is 0.252 e. The van der Waals surface area contributed by atoms with Gasteiger partial charge in [-0.05, 0) is 129 Å². The second kappa shape index (κ2) is 12.2. The third-order valence-corrected chi connectivity index (χ3v) is 14.6. The van der Waals surface area contributed by atoms with Crippen LogP contribution in [0.1, 0.15) is 111 Å². The molecule has 0 spiro atoms. The summed E-state index contributed by atoms with van der Waals surface area (Å²) in [5.74, 6) is 0. The average Bonchev–Trinajstić information content (AvgIpc) is 3.31. The molecule has 2 unspecified atom stereocenters. The minimum absolute atomic E-state index is 0.00626. The van der Waals surface area contributed by atoms with E-state index in [1.165, 1.54) is 90.6 Å². The summed E-state index contributed by atoms with van der Waals surface area (Å²) < 4.78 is 0. The molecule has 292 valence electrons. The van der Waals surface area contributed by atoms with Gasteiger partial charge >= 0.3 is 0 Å². The van der Waals surface area contributed by atoms with Crippen LogP contribution in [0.4, 0.5) is 45.5 Å². The minimum Gasteiger partial charge on any atom is -0.334 e. The molecule has 6 aromatic carbocycles. The van der Waals surface area contributed by atoms with Crippen LogP contribution in [0.15, 0.2) is 127 Å². The topological polar surface area (TPSA) is 9.72 Å². The predicted molar refractivity (Wildman–Crippen MR) is 250 cm³/mol.